The van der Waals surface area contributed by atoms with Gasteiger partial charge in [0.1, 0.15) is 11.6 Å². The van der Waals surface area contributed by atoms with Crippen molar-refractivity contribution in [2.75, 3.05) is 37.6 Å². The lowest BCUT2D eigenvalue weighted by atomic mass is 9.80. The van der Waals surface area contributed by atoms with Gasteiger partial charge in [-0.05, 0) is 68.4 Å². The molecule has 5 rings (SSSR count). The minimum absolute atomic E-state index is 0.0162. The molecule has 2 saturated heterocycles. The summed E-state index contributed by atoms with van der Waals surface area (Å²) in [5.74, 6) is 7.84. The van der Waals surface area contributed by atoms with Crippen LogP contribution in [0.25, 0.3) is 0 Å². The number of phenolic OH excluding ortho intramolecular Hbond substituents is 1. The third-order valence-electron chi connectivity index (χ3n) is 8.81. The average Bonchev–Trinajstić information content (AvgIpc) is 3.50. The van der Waals surface area contributed by atoms with Gasteiger partial charge in [-0.25, -0.2) is 4.98 Å². The fraction of sp³-hybridized carbons (Fsp3) is 0.516. The van der Waals surface area contributed by atoms with Crippen LogP contribution in [-0.2, 0) is 9.59 Å². The van der Waals surface area contributed by atoms with Crippen molar-refractivity contribution in [2.45, 2.75) is 51.4 Å². The van der Waals surface area contributed by atoms with Gasteiger partial charge in [-0.1, -0.05) is 30.5 Å². The highest BCUT2D eigenvalue weighted by atomic mass is 16.3. The van der Waals surface area contributed by atoms with E-state index in [9.17, 15) is 14.7 Å². The molecule has 38 heavy (non-hydrogen) atoms. The Labute approximate surface area is 225 Å². The summed E-state index contributed by atoms with van der Waals surface area (Å²) in [6.07, 6.45) is 7.14. The van der Waals surface area contributed by atoms with E-state index >= 15 is 0 Å². The maximum atomic E-state index is 13.5. The zero-order chi connectivity index (χ0) is 26.5. The van der Waals surface area contributed by atoms with Crippen molar-refractivity contribution in [1.82, 2.24) is 15.2 Å². The number of benzene rings is 1. The molecule has 0 unspecified atom stereocenters. The molecule has 200 valence electrons. The van der Waals surface area contributed by atoms with Crippen molar-refractivity contribution >= 4 is 17.6 Å². The number of nitrogens with one attached hydrogen (secondary N) is 1. The Bertz CT molecular complexity index is 1180. The standard InChI is InChI=1S/C31H38N4O3/c1-2-6-25(23-9-11-27(36)12-10-23)19-29(37)33-21-31-15-5-7-26(31)20-35(22-31)30(38)24-13-17-34(18-14-24)28-8-3-4-16-32-28/h3-4,8-12,16,24-26,36H,5,7,13-15,17-22H2,1H3,(H,33,37)/t25-,26-,31-/m0/s1. The molecule has 2 N–H and O–H groups in total. The number of carbonyl (C=O) groups is 2. The van der Waals surface area contributed by atoms with Crippen molar-refractivity contribution < 1.29 is 14.7 Å². The van der Waals surface area contributed by atoms with Gasteiger partial charge < -0.3 is 20.2 Å². The number of amides is 2. The molecule has 2 aromatic rings. The summed E-state index contributed by atoms with van der Waals surface area (Å²) in [4.78, 5) is 35.4. The zero-order valence-corrected chi connectivity index (χ0v) is 22.2. The number of aromatic hydroxyl groups is 1. The van der Waals surface area contributed by atoms with E-state index in [0.717, 1.165) is 69.7 Å². The van der Waals surface area contributed by atoms with Gasteiger partial charge in [0.2, 0.25) is 11.8 Å². The lowest BCUT2D eigenvalue weighted by molar-refractivity contribution is -0.135. The molecule has 7 heteroatoms. The first-order valence-corrected chi connectivity index (χ1v) is 13.9. The summed E-state index contributed by atoms with van der Waals surface area (Å²) in [5.41, 5.74) is 0.903. The van der Waals surface area contributed by atoms with Crippen molar-refractivity contribution in [3.8, 4) is 17.6 Å². The smallest absolute Gasteiger partial charge is 0.225 e. The van der Waals surface area contributed by atoms with Crippen molar-refractivity contribution in [3.05, 3.63) is 54.2 Å². The first kappa shape index (κ1) is 26.1. The zero-order valence-electron chi connectivity index (χ0n) is 22.2. The third kappa shape index (κ3) is 5.65. The number of phenols is 1. The number of likely N-dealkylation sites (tertiary alicyclic amines) is 1. The highest BCUT2D eigenvalue weighted by Crippen LogP contribution is 2.48. The van der Waals surface area contributed by atoms with Crippen LogP contribution < -0.4 is 10.2 Å². The highest BCUT2D eigenvalue weighted by Gasteiger charge is 2.51. The second-order valence-corrected chi connectivity index (χ2v) is 11.1. The van der Waals surface area contributed by atoms with Crippen LogP contribution in [0.3, 0.4) is 0 Å². The molecular weight excluding hydrogens is 476 g/mol. The Hall–Kier alpha value is -3.53. The largest absolute Gasteiger partial charge is 0.508 e. The summed E-state index contributed by atoms with van der Waals surface area (Å²) in [7, 11) is 0. The Kier molecular flexibility index (Phi) is 7.87. The predicted molar refractivity (Wildman–Crippen MR) is 147 cm³/mol. The van der Waals surface area contributed by atoms with E-state index in [4.69, 9.17) is 0 Å². The van der Waals surface area contributed by atoms with Crippen LogP contribution >= 0.6 is 0 Å². The molecule has 3 fully saturated rings. The molecule has 0 radical (unpaired) electrons. The molecule has 1 saturated carbocycles. The van der Waals surface area contributed by atoms with E-state index in [1.807, 2.05) is 36.5 Å². The summed E-state index contributed by atoms with van der Waals surface area (Å²) in [6.45, 7) is 5.66. The number of aromatic nitrogens is 1. The second-order valence-electron chi connectivity index (χ2n) is 11.1. The molecule has 3 atom stereocenters. The lowest BCUT2D eigenvalue weighted by Crippen LogP contribution is -2.44. The van der Waals surface area contributed by atoms with Crippen LogP contribution in [0.2, 0.25) is 0 Å². The van der Waals surface area contributed by atoms with Gasteiger partial charge in [-0.15, -0.1) is 5.92 Å². The number of fused-ring (bicyclic) bond motifs is 1. The SMILES string of the molecule is CC#C[C@@H](CC(=O)NC[C@]12CCC[C@H]1CN(C(=O)C1CCN(c3ccccn3)CC1)C2)c1ccc(O)cc1. The van der Waals surface area contributed by atoms with Gasteiger partial charge in [0, 0.05) is 56.7 Å². The third-order valence-corrected chi connectivity index (χ3v) is 8.81. The Morgan fingerprint density at radius 1 is 1.16 bits per heavy atom. The molecule has 2 aliphatic heterocycles. The average molecular weight is 515 g/mol. The van der Waals surface area contributed by atoms with Crippen molar-refractivity contribution in [1.29, 1.82) is 0 Å². The van der Waals surface area contributed by atoms with Crippen LogP contribution in [0, 0.1) is 29.1 Å². The second kappa shape index (κ2) is 11.5. The Balaban J connectivity index is 1.16. The Morgan fingerprint density at radius 3 is 2.66 bits per heavy atom. The van der Waals surface area contributed by atoms with Crippen LogP contribution in [0.4, 0.5) is 5.82 Å². The van der Waals surface area contributed by atoms with Gasteiger partial charge in [-0.3, -0.25) is 9.59 Å². The maximum absolute atomic E-state index is 13.5. The summed E-state index contributed by atoms with van der Waals surface area (Å²) < 4.78 is 0. The van der Waals surface area contributed by atoms with Crippen molar-refractivity contribution in [2.24, 2.45) is 17.3 Å². The monoisotopic (exact) mass is 514 g/mol. The van der Waals surface area contributed by atoms with Crippen LogP contribution in [-0.4, -0.2) is 59.5 Å². The molecular formula is C31H38N4O3. The lowest BCUT2D eigenvalue weighted by Gasteiger charge is -2.34. The maximum Gasteiger partial charge on any atom is 0.225 e. The molecule has 1 aromatic heterocycles. The number of piperidine rings is 1. The van der Waals surface area contributed by atoms with Crippen LogP contribution in [0.5, 0.6) is 5.75 Å². The fourth-order valence-corrected chi connectivity index (χ4v) is 6.69. The number of nitrogens with zero attached hydrogens (tertiary/aromatic N) is 3. The molecule has 1 aliphatic carbocycles. The van der Waals surface area contributed by atoms with Gasteiger partial charge in [-0.2, -0.15) is 0 Å². The fourth-order valence-electron chi connectivity index (χ4n) is 6.69. The normalized spacial score (nSPS) is 23.9. The molecule has 2 amide bonds. The number of hydrogen-bond donors (Lipinski definition) is 2. The van der Waals surface area contributed by atoms with E-state index in [1.165, 1.54) is 0 Å². The van der Waals surface area contributed by atoms with Gasteiger partial charge in [0.05, 0.1) is 5.92 Å². The molecule has 0 bridgehead atoms. The minimum atomic E-state index is -0.212. The molecule has 1 aromatic carbocycles. The highest BCUT2D eigenvalue weighted by molar-refractivity contribution is 5.80. The van der Waals surface area contributed by atoms with Crippen molar-refractivity contribution in [3.63, 3.8) is 0 Å². The first-order valence-electron chi connectivity index (χ1n) is 13.9. The minimum Gasteiger partial charge on any atom is -0.508 e. The number of anilines is 1. The topological polar surface area (TPSA) is 85.8 Å². The van der Waals surface area contributed by atoms with Gasteiger partial charge in [0.25, 0.3) is 0 Å². The molecule has 3 aliphatic rings. The summed E-state index contributed by atoms with van der Waals surface area (Å²) >= 11 is 0. The van der Waals surface area contributed by atoms with Gasteiger partial charge in [0.15, 0.2) is 0 Å². The summed E-state index contributed by atoms with van der Waals surface area (Å²) in [6, 6.07) is 12.9. The summed E-state index contributed by atoms with van der Waals surface area (Å²) in [5, 5.41) is 12.8. The quantitative estimate of drug-likeness (QED) is 0.547. The predicted octanol–water partition coefficient (Wildman–Crippen LogP) is 3.95. The molecule has 7 nitrogen and oxygen atoms in total. The van der Waals surface area contributed by atoms with E-state index in [0.29, 0.717) is 12.5 Å². The Morgan fingerprint density at radius 2 is 1.95 bits per heavy atom. The van der Waals surface area contributed by atoms with E-state index < -0.39 is 0 Å². The van der Waals surface area contributed by atoms with E-state index in [-0.39, 0.29) is 41.2 Å². The van der Waals surface area contributed by atoms with E-state index in [2.05, 4.69) is 31.9 Å². The molecule has 3 heterocycles. The number of carbonyl (C=O) groups excluding carboxylic acids is 2. The van der Waals surface area contributed by atoms with Crippen LogP contribution in [0.15, 0.2) is 48.7 Å². The van der Waals surface area contributed by atoms with Crippen LogP contribution in [0.1, 0.15) is 56.9 Å². The number of pyridine rings is 1. The molecule has 0 spiro atoms. The van der Waals surface area contributed by atoms with Gasteiger partial charge >= 0.3 is 0 Å². The number of rotatable bonds is 7. The first-order chi connectivity index (χ1) is 18.5. The number of hydrogen-bond acceptors (Lipinski definition) is 5. The van der Waals surface area contributed by atoms with E-state index in [1.54, 1.807) is 19.1 Å².